The quantitative estimate of drug-likeness (QED) is 0.920. The highest BCUT2D eigenvalue weighted by molar-refractivity contribution is 9.10. The molecule has 0 radical (unpaired) electrons. The third-order valence-electron chi connectivity index (χ3n) is 3.54. The number of hydrogen-bond donors (Lipinski definition) is 1. The summed E-state index contributed by atoms with van der Waals surface area (Å²) in [6.45, 7) is 10.6. The van der Waals surface area contributed by atoms with Gasteiger partial charge in [-0.3, -0.25) is 4.90 Å². The summed E-state index contributed by atoms with van der Waals surface area (Å²) in [4.78, 5) is 2.49. The third-order valence-corrected chi connectivity index (χ3v) is 4.03. The molecule has 1 fully saturated rings. The first-order chi connectivity index (χ1) is 8.96. The lowest BCUT2D eigenvalue weighted by Crippen LogP contribution is -2.61. The van der Waals surface area contributed by atoms with Crippen LogP contribution >= 0.6 is 15.9 Å². The highest BCUT2D eigenvalue weighted by atomic mass is 79.9. The van der Waals surface area contributed by atoms with Gasteiger partial charge in [0.1, 0.15) is 12.4 Å². The van der Waals surface area contributed by atoms with Crippen molar-refractivity contribution in [2.75, 3.05) is 26.2 Å². The molecule has 1 heterocycles. The van der Waals surface area contributed by atoms with Crippen molar-refractivity contribution < 1.29 is 4.74 Å². The second-order valence-electron chi connectivity index (χ2n) is 5.89. The monoisotopic (exact) mass is 326 g/mol. The first kappa shape index (κ1) is 14.8. The molecule has 1 aliphatic rings. The molecule has 0 amide bonds. The maximum absolute atomic E-state index is 5.81. The van der Waals surface area contributed by atoms with Gasteiger partial charge < -0.3 is 10.1 Å². The molecule has 4 heteroatoms. The van der Waals surface area contributed by atoms with Gasteiger partial charge in [0.2, 0.25) is 0 Å². The second-order valence-corrected chi connectivity index (χ2v) is 6.81. The molecule has 1 atom stereocenters. The maximum atomic E-state index is 5.81. The Hall–Kier alpha value is -0.580. The molecule has 1 aliphatic heterocycles. The first-order valence-corrected chi connectivity index (χ1v) is 7.63. The van der Waals surface area contributed by atoms with Crippen LogP contribution in [0.1, 0.15) is 20.8 Å². The van der Waals surface area contributed by atoms with Gasteiger partial charge in [-0.15, -0.1) is 0 Å². The number of benzene rings is 1. The predicted molar refractivity (Wildman–Crippen MR) is 82.8 cm³/mol. The molecule has 1 aromatic rings. The zero-order valence-corrected chi connectivity index (χ0v) is 13.5. The molecule has 1 N–H and O–H groups in total. The van der Waals surface area contributed by atoms with E-state index in [9.17, 15) is 0 Å². The Labute approximate surface area is 124 Å². The van der Waals surface area contributed by atoms with Crippen molar-refractivity contribution in [3.63, 3.8) is 0 Å². The Balaban J connectivity index is 1.81. The van der Waals surface area contributed by atoms with E-state index in [0.29, 0.717) is 6.04 Å². The average Bonchev–Trinajstić information content (AvgIpc) is 2.34. The maximum Gasteiger partial charge on any atom is 0.120 e. The molecule has 1 unspecified atom stereocenters. The normalized spacial score (nSPS) is 23.3. The fourth-order valence-electron chi connectivity index (χ4n) is 2.41. The van der Waals surface area contributed by atoms with Gasteiger partial charge in [-0.05, 0) is 39.0 Å². The van der Waals surface area contributed by atoms with Gasteiger partial charge in [-0.25, -0.2) is 0 Å². The molecule has 0 saturated carbocycles. The summed E-state index contributed by atoms with van der Waals surface area (Å²) in [7, 11) is 0. The van der Waals surface area contributed by atoms with Gasteiger partial charge in [0, 0.05) is 35.7 Å². The number of piperazine rings is 1. The van der Waals surface area contributed by atoms with Crippen LogP contribution in [0, 0.1) is 0 Å². The van der Waals surface area contributed by atoms with Crippen LogP contribution in [0.2, 0.25) is 0 Å². The van der Waals surface area contributed by atoms with E-state index in [0.717, 1.165) is 36.5 Å². The molecule has 106 valence electrons. The smallest absolute Gasteiger partial charge is 0.120 e. The fourth-order valence-corrected chi connectivity index (χ4v) is 2.79. The Kier molecular flexibility index (Phi) is 4.87. The van der Waals surface area contributed by atoms with E-state index in [1.165, 1.54) is 0 Å². The van der Waals surface area contributed by atoms with E-state index in [2.05, 4.69) is 46.9 Å². The topological polar surface area (TPSA) is 24.5 Å². The highest BCUT2D eigenvalue weighted by Crippen LogP contribution is 2.18. The Bertz CT molecular complexity index is 422. The van der Waals surface area contributed by atoms with Crippen molar-refractivity contribution in [2.45, 2.75) is 32.4 Å². The summed E-state index contributed by atoms with van der Waals surface area (Å²) >= 11 is 3.46. The molecular formula is C15H23BrN2O. The van der Waals surface area contributed by atoms with Crippen LogP contribution in [0.15, 0.2) is 28.7 Å². The molecular weight excluding hydrogens is 304 g/mol. The Morgan fingerprint density at radius 1 is 1.47 bits per heavy atom. The van der Waals surface area contributed by atoms with Crippen molar-refractivity contribution in [2.24, 2.45) is 0 Å². The van der Waals surface area contributed by atoms with Crippen molar-refractivity contribution in [1.82, 2.24) is 10.2 Å². The lowest BCUT2D eigenvalue weighted by Gasteiger charge is -2.43. The van der Waals surface area contributed by atoms with E-state index < -0.39 is 0 Å². The molecule has 0 aliphatic carbocycles. The van der Waals surface area contributed by atoms with E-state index in [1.54, 1.807) is 0 Å². The van der Waals surface area contributed by atoms with Crippen molar-refractivity contribution in [1.29, 1.82) is 0 Å². The van der Waals surface area contributed by atoms with Crippen LogP contribution in [0.4, 0.5) is 0 Å². The summed E-state index contributed by atoms with van der Waals surface area (Å²) < 4.78 is 6.87. The molecule has 1 aromatic carbocycles. The van der Waals surface area contributed by atoms with Gasteiger partial charge in [0.15, 0.2) is 0 Å². The minimum Gasteiger partial charge on any atom is -0.492 e. The lowest BCUT2D eigenvalue weighted by molar-refractivity contribution is 0.0887. The van der Waals surface area contributed by atoms with E-state index in [-0.39, 0.29) is 5.54 Å². The third kappa shape index (κ3) is 4.48. The molecule has 2 rings (SSSR count). The summed E-state index contributed by atoms with van der Waals surface area (Å²) in [5, 5.41) is 3.56. The summed E-state index contributed by atoms with van der Waals surface area (Å²) in [6.07, 6.45) is 0. The van der Waals surface area contributed by atoms with Crippen LogP contribution in [0.3, 0.4) is 0 Å². The SMILES string of the molecule is CC1CNC(C)(C)CN1CCOc1cccc(Br)c1. The minimum absolute atomic E-state index is 0.197. The lowest BCUT2D eigenvalue weighted by atomic mass is 9.99. The van der Waals surface area contributed by atoms with Crippen molar-refractivity contribution in [3.8, 4) is 5.75 Å². The predicted octanol–water partition coefficient (Wildman–Crippen LogP) is 2.90. The van der Waals surface area contributed by atoms with Crippen molar-refractivity contribution >= 4 is 15.9 Å². The van der Waals surface area contributed by atoms with Crippen LogP contribution in [-0.4, -0.2) is 42.7 Å². The van der Waals surface area contributed by atoms with Gasteiger partial charge in [-0.1, -0.05) is 22.0 Å². The van der Waals surface area contributed by atoms with Crippen LogP contribution in [-0.2, 0) is 0 Å². The highest BCUT2D eigenvalue weighted by Gasteiger charge is 2.29. The van der Waals surface area contributed by atoms with Crippen LogP contribution in [0.5, 0.6) is 5.75 Å². The van der Waals surface area contributed by atoms with E-state index in [4.69, 9.17) is 4.74 Å². The van der Waals surface area contributed by atoms with Crippen LogP contribution in [0.25, 0.3) is 0 Å². The number of rotatable bonds is 4. The molecule has 1 saturated heterocycles. The van der Waals surface area contributed by atoms with Gasteiger partial charge >= 0.3 is 0 Å². The number of nitrogens with one attached hydrogen (secondary N) is 1. The first-order valence-electron chi connectivity index (χ1n) is 6.84. The minimum atomic E-state index is 0.197. The molecule has 0 spiro atoms. The molecule has 3 nitrogen and oxygen atoms in total. The zero-order valence-electron chi connectivity index (χ0n) is 11.9. The van der Waals surface area contributed by atoms with Gasteiger partial charge in [0.25, 0.3) is 0 Å². The molecule has 19 heavy (non-hydrogen) atoms. The number of nitrogens with zero attached hydrogens (tertiary/aromatic N) is 1. The second kappa shape index (κ2) is 6.25. The molecule has 0 aromatic heterocycles. The fraction of sp³-hybridized carbons (Fsp3) is 0.600. The Morgan fingerprint density at radius 2 is 2.26 bits per heavy atom. The number of halogens is 1. The Morgan fingerprint density at radius 3 is 3.00 bits per heavy atom. The van der Waals surface area contributed by atoms with Crippen LogP contribution < -0.4 is 10.1 Å². The average molecular weight is 327 g/mol. The summed E-state index contributed by atoms with van der Waals surface area (Å²) in [6, 6.07) is 8.57. The van der Waals surface area contributed by atoms with Crippen molar-refractivity contribution in [3.05, 3.63) is 28.7 Å². The van der Waals surface area contributed by atoms with E-state index >= 15 is 0 Å². The summed E-state index contributed by atoms with van der Waals surface area (Å²) in [5.74, 6) is 0.927. The van der Waals surface area contributed by atoms with E-state index in [1.807, 2.05) is 24.3 Å². The molecule has 0 bridgehead atoms. The standard InChI is InChI=1S/C15H23BrN2O/c1-12-10-17-15(2,3)11-18(12)7-8-19-14-6-4-5-13(16)9-14/h4-6,9,12,17H,7-8,10-11H2,1-3H3. The number of hydrogen-bond acceptors (Lipinski definition) is 3. The van der Waals surface area contributed by atoms with Gasteiger partial charge in [-0.2, -0.15) is 0 Å². The summed E-state index contributed by atoms with van der Waals surface area (Å²) in [5.41, 5.74) is 0.197. The zero-order chi connectivity index (χ0) is 13.9. The van der Waals surface area contributed by atoms with Gasteiger partial charge in [0.05, 0.1) is 0 Å². The largest absolute Gasteiger partial charge is 0.492 e. The number of ether oxygens (including phenoxy) is 1.